The molecule has 0 aliphatic carbocycles. The van der Waals surface area contributed by atoms with E-state index in [1.807, 2.05) is 0 Å². The van der Waals surface area contributed by atoms with Crippen LogP contribution in [0.1, 0.15) is 29.8 Å². The minimum absolute atomic E-state index is 0.0171. The third-order valence-electron chi connectivity index (χ3n) is 3.15. The summed E-state index contributed by atoms with van der Waals surface area (Å²) < 4.78 is 27.1. The van der Waals surface area contributed by atoms with Crippen molar-refractivity contribution in [3.63, 3.8) is 0 Å². The molecule has 0 heterocycles. The molecule has 3 N–H and O–H groups in total. The second-order valence-electron chi connectivity index (χ2n) is 5.04. The van der Waals surface area contributed by atoms with Crippen molar-refractivity contribution in [2.45, 2.75) is 31.7 Å². The highest BCUT2D eigenvalue weighted by molar-refractivity contribution is 7.89. The number of halogens is 1. The Morgan fingerprint density at radius 2 is 1.95 bits per heavy atom. The lowest BCUT2D eigenvalue weighted by atomic mass is 10.1. The fourth-order valence-electron chi connectivity index (χ4n) is 1.80. The van der Waals surface area contributed by atoms with Crippen molar-refractivity contribution in [2.75, 3.05) is 6.61 Å². The highest BCUT2D eigenvalue weighted by Crippen LogP contribution is 2.25. The summed E-state index contributed by atoms with van der Waals surface area (Å²) in [5.74, 6) is -1.38. The van der Waals surface area contributed by atoms with E-state index >= 15 is 0 Å². The van der Waals surface area contributed by atoms with Gasteiger partial charge in [0.1, 0.15) is 0 Å². The van der Waals surface area contributed by atoms with Crippen LogP contribution in [0.15, 0.2) is 17.0 Å². The van der Waals surface area contributed by atoms with Gasteiger partial charge in [-0.1, -0.05) is 25.4 Å². The lowest BCUT2D eigenvalue weighted by molar-refractivity contribution is 0.0695. The molecule has 0 fully saturated rings. The molecule has 1 aromatic carbocycles. The lowest BCUT2D eigenvalue weighted by Crippen LogP contribution is -2.41. The van der Waals surface area contributed by atoms with Gasteiger partial charge in [0.05, 0.1) is 17.1 Å². The maximum Gasteiger partial charge on any atom is 0.336 e. The molecule has 0 bridgehead atoms. The number of aliphatic hydroxyl groups is 1. The average Bonchev–Trinajstić information content (AvgIpc) is 2.37. The molecule has 1 atom stereocenters. The minimum atomic E-state index is -3.98. The van der Waals surface area contributed by atoms with Crippen molar-refractivity contribution in [3.8, 4) is 0 Å². The van der Waals surface area contributed by atoms with Crippen molar-refractivity contribution in [1.82, 2.24) is 4.72 Å². The number of aliphatic hydroxyl groups excluding tert-OH is 1. The fraction of sp³-hybridized carbons (Fsp3) is 0.462. The number of carboxylic acids is 1. The molecular weight excluding hydrogens is 318 g/mol. The summed E-state index contributed by atoms with van der Waals surface area (Å²) in [4.78, 5) is 10.9. The zero-order valence-corrected chi connectivity index (χ0v) is 13.5. The van der Waals surface area contributed by atoms with E-state index in [0.717, 1.165) is 0 Å². The van der Waals surface area contributed by atoms with E-state index in [4.69, 9.17) is 16.7 Å². The standard InChI is InChI=1S/C13H18ClNO5S/c1-7(2)11(6-16)15-21(19,20)12-5-9(14)4-10(8(12)3)13(17)18/h4-5,7,11,15-16H,6H2,1-3H3,(H,17,18)/t11-/m1/s1. The number of nitrogens with one attached hydrogen (secondary N) is 1. The van der Waals surface area contributed by atoms with E-state index in [9.17, 15) is 18.3 Å². The Hall–Kier alpha value is -1.15. The molecule has 0 saturated carbocycles. The summed E-state index contributed by atoms with van der Waals surface area (Å²) >= 11 is 5.80. The zero-order chi connectivity index (χ0) is 16.4. The van der Waals surface area contributed by atoms with Crippen LogP contribution in [-0.2, 0) is 10.0 Å². The summed E-state index contributed by atoms with van der Waals surface area (Å²) in [5, 5.41) is 18.3. The summed E-state index contributed by atoms with van der Waals surface area (Å²) in [6.07, 6.45) is 0. The van der Waals surface area contributed by atoms with Crippen molar-refractivity contribution < 1.29 is 23.4 Å². The van der Waals surface area contributed by atoms with Gasteiger partial charge in [0.25, 0.3) is 0 Å². The first-order valence-electron chi connectivity index (χ1n) is 6.26. The molecule has 1 rings (SSSR count). The van der Waals surface area contributed by atoms with E-state index in [1.54, 1.807) is 13.8 Å². The predicted molar refractivity (Wildman–Crippen MR) is 79.2 cm³/mol. The first-order valence-corrected chi connectivity index (χ1v) is 8.13. The van der Waals surface area contributed by atoms with Crippen LogP contribution in [0.3, 0.4) is 0 Å². The van der Waals surface area contributed by atoms with Crippen LogP contribution in [0.25, 0.3) is 0 Å². The van der Waals surface area contributed by atoms with E-state index < -0.39 is 22.0 Å². The maximum atomic E-state index is 12.4. The number of sulfonamides is 1. The molecule has 0 radical (unpaired) electrons. The van der Waals surface area contributed by atoms with Crippen LogP contribution < -0.4 is 4.72 Å². The molecule has 0 aliphatic rings. The van der Waals surface area contributed by atoms with Crippen LogP contribution in [0.4, 0.5) is 0 Å². The van der Waals surface area contributed by atoms with Gasteiger partial charge in [0, 0.05) is 11.1 Å². The van der Waals surface area contributed by atoms with Gasteiger partial charge in [-0.05, 0) is 30.5 Å². The Morgan fingerprint density at radius 3 is 2.38 bits per heavy atom. The highest BCUT2D eigenvalue weighted by Gasteiger charge is 2.26. The molecule has 8 heteroatoms. The van der Waals surface area contributed by atoms with E-state index in [1.165, 1.54) is 19.1 Å². The Balaban J connectivity index is 3.35. The zero-order valence-electron chi connectivity index (χ0n) is 11.9. The summed E-state index contributed by atoms with van der Waals surface area (Å²) in [6, 6.07) is 1.73. The number of rotatable bonds is 6. The highest BCUT2D eigenvalue weighted by atomic mass is 35.5. The molecule has 0 unspecified atom stereocenters. The third-order valence-corrected chi connectivity index (χ3v) is 4.99. The Kier molecular flexibility index (Phi) is 5.75. The van der Waals surface area contributed by atoms with Crippen molar-refractivity contribution in [3.05, 3.63) is 28.3 Å². The first kappa shape index (κ1) is 17.9. The van der Waals surface area contributed by atoms with Crippen LogP contribution in [0.5, 0.6) is 0 Å². The number of aromatic carboxylic acids is 1. The molecule has 0 aromatic heterocycles. The van der Waals surface area contributed by atoms with Gasteiger partial charge < -0.3 is 10.2 Å². The molecule has 118 valence electrons. The smallest absolute Gasteiger partial charge is 0.336 e. The third kappa shape index (κ3) is 4.16. The van der Waals surface area contributed by atoms with Crippen LogP contribution in [0, 0.1) is 12.8 Å². The molecule has 0 saturated heterocycles. The number of carboxylic acid groups (broad SMARTS) is 1. The van der Waals surface area contributed by atoms with Gasteiger partial charge in [-0.15, -0.1) is 0 Å². The monoisotopic (exact) mass is 335 g/mol. The average molecular weight is 336 g/mol. The van der Waals surface area contributed by atoms with Crippen LogP contribution in [0.2, 0.25) is 5.02 Å². The van der Waals surface area contributed by atoms with Crippen LogP contribution >= 0.6 is 11.6 Å². The van der Waals surface area contributed by atoms with Crippen molar-refractivity contribution in [2.24, 2.45) is 5.92 Å². The minimum Gasteiger partial charge on any atom is -0.478 e. The van der Waals surface area contributed by atoms with Crippen molar-refractivity contribution >= 4 is 27.6 Å². The van der Waals surface area contributed by atoms with E-state index in [2.05, 4.69) is 4.72 Å². The predicted octanol–water partition coefficient (Wildman–Crippen LogP) is 1.64. The molecule has 0 aliphatic heterocycles. The summed E-state index contributed by atoms with van der Waals surface area (Å²) in [5.41, 5.74) is -0.0761. The van der Waals surface area contributed by atoms with Crippen LogP contribution in [-0.4, -0.2) is 37.2 Å². The number of hydrogen-bond acceptors (Lipinski definition) is 4. The molecule has 1 aromatic rings. The lowest BCUT2D eigenvalue weighted by Gasteiger charge is -2.21. The van der Waals surface area contributed by atoms with Gasteiger partial charge in [-0.25, -0.2) is 17.9 Å². The van der Waals surface area contributed by atoms with Crippen molar-refractivity contribution in [1.29, 1.82) is 0 Å². The Bertz CT molecular complexity index is 642. The summed E-state index contributed by atoms with van der Waals surface area (Å²) in [6.45, 7) is 4.56. The molecule has 0 amide bonds. The molecule has 0 spiro atoms. The van der Waals surface area contributed by atoms with Gasteiger partial charge >= 0.3 is 5.97 Å². The second-order valence-corrected chi connectivity index (χ2v) is 7.15. The number of hydrogen-bond donors (Lipinski definition) is 3. The van der Waals surface area contributed by atoms with Gasteiger partial charge in [-0.3, -0.25) is 0 Å². The fourth-order valence-corrected chi connectivity index (χ4v) is 3.75. The van der Waals surface area contributed by atoms with Gasteiger partial charge in [0.15, 0.2) is 0 Å². The number of benzene rings is 1. The Morgan fingerprint density at radius 1 is 1.38 bits per heavy atom. The number of carbonyl (C=O) groups is 1. The second kappa shape index (κ2) is 6.74. The maximum absolute atomic E-state index is 12.4. The normalized spacial score (nSPS) is 13.4. The van der Waals surface area contributed by atoms with E-state index in [0.29, 0.717) is 0 Å². The topological polar surface area (TPSA) is 104 Å². The SMILES string of the molecule is Cc1c(C(=O)O)cc(Cl)cc1S(=O)(=O)N[C@H](CO)C(C)C. The van der Waals surface area contributed by atoms with E-state index in [-0.39, 0.29) is 33.6 Å². The van der Waals surface area contributed by atoms with Gasteiger partial charge in [-0.2, -0.15) is 0 Å². The quantitative estimate of drug-likeness (QED) is 0.733. The summed E-state index contributed by atoms with van der Waals surface area (Å²) in [7, 11) is -3.98. The largest absolute Gasteiger partial charge is 0.478 e. The van der Waals surface area contributed by atoms with Gasteiger partial charge in [0.2, 0.25) is 10.0 Å². The molecule has 21 heavy (non-hydrogen) atoms. The molecule has 6 nitrogen and oxygen atoms in total. The first-order chi connectivity index (χ1) is 9.60. The molecular formula is C13H18ClNO5S. The Labute approximate surface area is 128 Å².